The molecule has 1 unspecified atom stereocenters. The minimum atomic E-state index is -0.403. The summed E-state index contributed by atoms with van der Waals surface area (Å²) >= 11 is 1.58. The Kier molecular flexibility index (Phi) is 2.62. The minimum Gasteiger partial charge on any atom is -0.387 e. The summed E-state index contributed by atoms with van der Waals surface area (Å²) < 4.78 is 0. The van der Waals surface area contributed by atoms with E-state index in [1.165, 1.54) is 0 Å². The molecule has 1 aromatic heterocycles. The van der Waals surface area contributed by atoms with Gasteiger partial charge in [-0.2, -0.15) is 0 Å². The van der Waals surface area contributed by atoms with Gasteiger partial charge in [0.25, 0.3) is 0 Å². The lowest BCUT2D eigenvalue weighted by atomic mass is 10.1. The summed E-state index contributed by atoms with van der Waals surface area (Å²) in [6.07, 6.45) is -0.403. The zero-order valence-electron chi connectivity index (χ0n) is 7.03. The van der Waals surface area contributed by atoms with Crippen LogP contribution in [0.15, 0.2) is 5.38 Å². The fourth-order valence-corrected chi connectivity index (χ4v) is 1.50. The van der Waals surface area contributed by atoms with Gasteiger partial charge in [0.15, 0.2) is 0 Å². The number of hydrogen-bond acceptors (Lipinski definition) is 3. The van der Waals surface area contributed by atoms with Gasteiger partial charge in [0, 0.05) is 5.38 Å². The van der Waals surface area contributed by atoms with Crippen molar-refractivity contribution in [3.8, 4) is 0 Å². The summed E-state index contributed by atoms with van der Waals surface area (Å²) in [4.78, 5) is 4.20. The Hall–Kier alpha value is -0.410. The predicted octanol–water partition coefficient (Wildman–Crippen LogP) is 2.14. The summed E-state index contributed by atoms with van der Waals surface area (Å²) in [5.41, 5.74) is 0.808. The smallest absolute Gasteiger partial charge is 0.0991 e. The monoisotopic (exact) mass is 171 g/mol. The zero-order valence-corrected chi connectivity index (χ0v) is 7.85. The van der Waals surface area contributed by atoms with Gasteiger partial charge in [0.05, 0.1) is 16.8 Å². The third-order valence-corrected chi connectivity index (χ3v) is 2.36. The Morgan fingerprint density at radius 3 is 2.55 bits per heavy atom. The number of aliphatic hydroxyl groups is 1. The quantitative estimate of drug-likeness (QED) is 0.739. The van der Waals surface area contributed by atoms with E-state index in [4.69, 9.17) is 0 Å². The van der Waals surface area contributed by atoms with Crippen molar-refractivity contribution in [2.45, 2.75) is 26.9 Å². The van der Waals surface area contributed by atoms with Crippen molar-refractivity contribution >= 4 is 11.3 Å². The maximum absolute atomic E-state index is 9.56. The van der Waals surface area contributed by atoms with Gasteiger partial charge in [-0.25, -0.2) is 4.98 Å². The first kappa shape index (κ1) is 8.68. The van der Waals surface area contributed by atoms with E-state index in [2.05, 4.69) is 4.98 Å². The van der Waals surface area contributed by atoms with Crippen LogP contribution in [0.25, 0.3) is 0 Å². The lowest BCUT2D eigenvalue weighted by molar-refractivity contribution is 0.123. The van der Waals surface area contributed by atoms with Crippen LogP contribution in [0, 0.1) is 12.8 Å². The molecule has 0 aliphatic heterocycles. The SMILES string of the molecule is Cc1nc(C(O)C(C)C)cs1. The van der Waals surface area contributed by atoms with Crippen LogP contribution < -0.4 is 0 Å². The van der Waals surface area contributed by atoms with E-state index in [1.54, 1.807) is 11.3 Å². The first-order valence-electron chi connectivity index (χ1n) is 3.71. The van der Waals surface area contributed by atoms with E-state index in [1.807, 2.05) is 26.2 Å². The van der Waals surface area contributed by atoms with Crippen molar-refractivity contribution < 1.29 is 5.11 Å². The highest BCUT2D eigenvalue weighted by Crippen LogP contribution is 2.22. The van der Waals surface area contributed by atoms with Crippen molar-refractivity contribution in [2.75, 3.05) is 0 Å². The van der Waals surface area contributed by atoms with Gasteiger partial charge in [-0.15, -0.1) is 11.3 Å². The van der Waals surface area contributed by atoms with E-state index < -0.39 is 6.10 Å². The number of hydrogen-bond donors (Lipinski definition) is 1. The average molecular weight is 171 g/mol. The molecule has 0 spiro atoms. The molecule has 3 heteroatoms. The largest absolute Gasteiger partial charge is 0.387 e. The van der Waals surface area contributed by atoms with Gasteiger partial charge in [-0.05, 0) is 12.8 Å². The lowest BCUT2D eigenvalue weighted by Gasteiger charge is -2.10. The standard InChI is InChI=1S/C8H13NOS/c1-5(2)8(10)7-4-11-6(3)9-7/h4-5,8,10H,1-3H3. The Morgan fingerprint density at radius 1 is 1.55 bits per heavy atom. The van der Waals surface area contributed by atoms with Crippen molar-refractivity contribution in [2.24, 2.45) is 5.92 Å². The predicted molar refractivity (Wildman–Crippen MR) is 46.6 cm³/mol. The van der Waals surface area contributed by atoms with E-state index in [0.29, 0.717) is 0 Å². The van der Waals surface area contributed by atoms with Crippen LogP contribution in [0.4, 0.5) is 0 Å². The summed E-state index contributed by atoms with van der Waals surface area (Å²) in [6.45, 7) is 5.92. The Bertz CT molecular complexity index is 232. The molecule has 0 aliphatic carbocycles. The molecule has 0 saturated carbocycles. The summed E-state index contributed by atoms with van der Waals surface area (Å²) in [6, 6.07) is 0. The van der Waals surface area contributed by atoms with Gasteiger partial charge >= 0.3 is 0 Å². The Balaban J connectivity index is 2.76. The van der Waals surface area contributed by atoms with E-state index in [-0.39, 0.29) is 5.92 Å². The average Bonchev–Trinajstić information content (AvgIpc) is 2.34. The maximum Gasteiger partial charge on any atom is 0.0991 e. The van der Waals surface area contributed by atoms with Crippen LogP contribution in [0.2, 0.25) is 0 Å². The van der Waals surface area contributed by atoms with Crippen molar-refractivity contribution in [1.82, 2.24) is 4.98 Å². The maximum atomic E-state index is 9.56. The van der Waals surface area contributed by atoms with Crippen LogP contribution in [-0.4, -0.2) is 10.1 Å². The third-order valence-electron chi connectivity index (χ3n) is 1.57. The second kappa shape index (κ2) is 3.32. The van der Waals surface area contributed by atoms with Crippen LogP contribution in [0.1, 0.15) is 30.7 Å². The molecule has 1 atom stereocenters. The summed E-state index contributed by atoms with van der Waals surface area (Å²) in [5.74, 6) is 0.247. The van der Waals surface area contributed by atoms with Crippen LogP contribution in [-0.2, 0) is 0 Å². The van der Waals surface area contributed by atoms with Crippen LogP contribution in [0.3, 0.4) is 0 Å². The number of aryl methyl sites for hydroxylation is 1. The van der Waals surface area contributed by atoms with Crippen LogP contribution >= 0.6 is 11.3 Å². The second-order valence-corrected chi connectivity index (χ2v) is 4.04. The van der Waals surface area contributed by atoms with Crippen molar-refractivity contribution in [3.05, 3.63) is 16.1 Å². The molecule has 0 aliphatic rings. The first-order chi connectivity index (χ1) is 5.11. The van der Waals surface area contributed by atoms with Gasteiger partial charge < -0.3 is 5.11 Å². The van der Waals surface area contributed by atoms with E-state index in [0.717, 1.165) is 10.7 Å². The third kappa shape index (κ3) is 2.01. The molecule has 1 aromatic rings. The molecule has 0 bridgehead atoms. The first-order valence-corrected chi connectivity index (χ1v) is 4.59. The topological polar surface area (TPSA) is 33.1 Å². The lowest BCUT2D eigenvalue weighted by Crippen LogP contribution is -2.05. The fourth-order valence-electron chi connectivity index (χ4n) is 0.858. The van der Waals surface area contributed by atoms with Gasteiger partial charge in [-0.3, -0.25) is 0 Å². The minimum absolute atomic E-state index is 0.247. The molecule has 62 valence electrons. The van der Waals surface area contributed by atoms with E-state index in [9.17, 15) is 5.11 Å². The number of thiazole rings is 1. The van der Waals surface area contributed by atoms with Crippen molar-refractivity contribution in [1.29, 1.82) is 0 Å². The molecule has 0 saturated heterocycles. The molecule has 1 N–H and O–H groups in total. The van der Waals surface area contributed by atoms with Crippen LogP contribution in [0.5, 0.6) is 0 Å². The molecule has 0 aromatic carbocycles. The molecule has 1 rings (SSSR count). The van der Waals surface area contributed by atoms with Gasteiger partial charge in [0.1, 0.15) is 0 Å². The number of rotatable bonds is 2. The summed E-state index contributed by atoms with van der Waals surface area (Å²) in [7, 11) is 0. The van der Waals surface area contributed by atoms with Gasteiger partial charge in [-0.1, -0.05) is 13.8 Å². The molecular weight excluding hydrogens is 158 g/mol. The Morgan fingerprint density at radius 2 is 2.18 bits per heavy atom. The fraction of sp³-hybridized carbons (Fsp3) is 0.625. The number of aliphatic hydroxyl groups excluding tert-OH is 1. The van der Waals surface area contributed by atoms with Crippen molar-refractivity contribution in [3.63, 3.8) is 0 Å². The highest BCUT2D eigenvalue weighted by Gasteiger charge is 2.13. The molecule has 0 radical (unpaired) electrons. The van der Waals surface area contributed by atoms with E-state index >= 15 is 0 Å². The highest BCUT2D eigenvalue weighted by atomic mass is 32.1. The highest BCUT2D eigenvalue weighted by molar-refractivity contribution is 7.09. The molecule has 2 nitrogen and oxygen atoms in total. The number of aromatic nitrogens is 1. The molecule has 0 fully saturated rings. The normalized spacial score (nSPS) is 13.9. The molecule has 1 heterocycles. The molecule has 0 amide bonds. The Labute approximate surface area is 70.9 Å². The molecule has 11 heavy (non-hydrogen) atoms. The summed E-state index contributed by atoms with van der Waals surface area (Å²) in [5, 5.41) is 12.5. The molecular formula is C8H13NOS. The second-order valence-electron chi connectivity index (χ2n) is 2.98. The van der Waals surface area contributed by atoms with Gasteiger partial charge in [0.2, 0.25) is 0 Å². The number of nitrogens with zero attached hydrogens (tertiary/aromatic N) is 1. The zero-order chi connectivity index (χ0) is 8.43.